The molecule has 1 aliphatic rings. The molecule has 280 valence electrons. The van der Waals surface area contributed by atoms with Crippen molar-refractivity contribution >= 4 is 39.0 Å². The first-order valence-electron chi connectivity index (χ1n) is 20.4. The molecule has 0 aliphatic heterocycles. The molecule has 1 heterocycles. The van der Waals surface area contributed by atoms with E-state index in [4.69, 9.17) is 4.42 Å². The smallest absolute Gasteiger partial charge is 0.136 e. The van der Waals surface area contributed by atoms with E-state index >= 15 is 0 Å². The maximum atomic E-state index is 6.50. The minimum Gasteiger partial charge on any atom is -0.456 e. The lowest BCUT2D eigenvalue weighted by molar-refractivity contribution is 0.660. The second-order valence-electron chi connectivity index (χ2n) is 16.1. The Bertz CT molecular complexity index is 3170. The lowest BCUT2D eigenvalue weighted by atomic mass is 9.82. The van der Waals surface area contributed by atoms with Crippen LogP contribution in [0.5, 0.6) is 0 Å². The van der Waals surface area contributed by atoms with Crippen LogP contribution in [-0.4, -0.2) is 0 Å². The second kappa shape index (κ2) is 13.9. The highest BCUT2D eigenvalue weighted by molar-refractivity contribution is 6.17. The zero-order valence-corrected chi connectivity index (χ0v) is 33.1. The summed E-state index contributed by atoms with van der Waals surface area (Å²) < 4.78 is 6.50. The highest BCUT2D eigenvalue weighted by atomic mass is 16.3. The van der Waals surface area contributed by atoms with Crippen LogP contribution in [0.4, 0.5) is 17.1 Å². The van der Waals surface area contributed by atoms with E-state index in [1.54, 1.807) is 0 Å². The zero-order valence-electron chi connectivity index (χ0n) is 33.1. The predicted octanol–water partition coefficient (Wildman–Crippen LogP) is 16.0. The number of anilines is 3. The van der Waals surface area contributed by atoms with Gasteiger partial charge in [0.25, 0.3) is 0 Å². The van der Waals surface area contributed by atoms with Crippen LogP contribution >= 0.6 is 0 Å². The van der Waals surface area contributed by atoms with E-state index in [1.165, 1.54) is 55.6 Å². The number of hydrogen-bond donors (Lipinski definition) is 0. The summed E-state index contributed by atoms with van der Waals surface area (Å²) in [4.78, 5) is 2.41. The Morgan fingerprint density at radius 2 is 0.932 bits per heavy atom. The van der Waals surface area contributed by atoms with Crippen molar-refractivity contribution in [1.82, 2.24) is 0 Å². The molecule has 0 spiro atoms. The Hall–Kier alpha value is -7.42. The molecule has 11 rings (SSSR count). The van der Waals surface area contributed by atoms with Crippen molar-refractivity contribution in [3.63, 3.8) is 0 Å². The topological polar surface area (TPSA) is 16.4 Å². The van der Waals surface area contributed by atoms with Gasteiger partial charge in [-0.05, 0) is 110 Å². The van der Waals surface area contributed by atoms with Gasteiger partial charge in [-0.2, -0.15) is 0 Å². The Kier molecular flexibility index (Phi) is 8.20. The van der Waals surface area contributed by atoms with Crippen molar-refractivity contribution in [1.29, 1.82) is 0 Å². The molecule has 0 N–H and O–H groups in total. The third-order valence-electron chi connectivity index (χ3n) is 12.3. The molecule has 10 aromatic rings. The molecule has 59 heavy (non-hydrogen) atoms. The van der Waals surface area contributed by atoms with Crippen LogP contribution in [-0.2, 0) is 5.41 Å². The first kappa shape index (κ1) is 34.8. The van der Waals surface area contributed by atoms with Crippen molar-refractivity contribution in [3.8, 4) is 55.6 Å². The summed E-state index contributed by atoms with van der Waals surface area (Å²) in [5.41, 5.74) is 19.8. The summed E-state index contributed by atoms with van der Waals surface area (Å²) in [5, 5.41) is 2.25. The summed E-state index contributed by atoms with van der Waals surface area (Å²) >= 11 is 0. The van der Waals surface area contributed by atoms with Crippen LogP contribution in [0, 0.1) is 0 Å². The monoisotopic (exact) mass is 755 g/mol. The number of para-hydroxylation sites is 1. The number of benzene rings is 9. The molecular formula is C57H41NO. The molecule has 1 aromatic heterocycles. The van der Waals surface area contributed by atoms with Crippen LogP contribution in [0.15, 0.2) is 217 Å². The fourth-order valence-electron chi connectivity index (χ4n) is 9.43. The van der Waals surface area contributed by atoms with Gasteiger partial charge in [0.2, 0.25) is 0 Å². The third-order valence-corrected chi connectivity index (χ3v) is 12.3. The predicted molar refractivity (Wildman–Crippen MR) is 248 cm³/mol. The first-order chi connectivity index (χ1) is 29.0. The average Bonchev–Trinajstić information content (AvgIpc) is 3.79. The lowest BCUT2D eigenvalue weighted by Crippen LogP contribution is -2.16. The van der Waals surface area contributed by atoms with Gasteiger partial charge < -0.3 is 9.32 Å². The molecule has 0 radical (unpaired) electrons. The first-order valence-corrected chi connectivity index (χ1v) is 20.4. The molecular weight excluding hydrogens is 715 g/mol. The maximum Gasteiger partial charge on any atom is 0.136 e. The zero-order chi connectivity index (χ0) is 39.5. The molecule has 0 saturated heterocycles. The van der Waals surface area contributed by atoms with E-state index in [0.29, 0.717) is 0 Å². The Morgan fingerprint density at radius 3 is 1.73 bits per heavy atom. The van der Waals surface area contributed by atoms with Crippen molar-refractivity contribution < 1.29 is 4.42 Å². The number of fused-ring (bicyclic) bond motifs is 6. The molecule has 1 aliphatic carbocycles. The van der Waals surface area contributed by atoms with Gasteiger partial charge in [0, 0.05) is 38.8 Å². The number of hydrogen-bond acceptors (Lipinski definition) is 2. The van der Waals surface area contributed by atoms with Crippen molar-refractivity contribution in [2.24, 2.45) is 0 Å². The van der Waals surface area contributed by atoms with Crippen LogP contribution in [0.25, 0.3) is 77.6 Å². The van der Waals surface area contributed by atoms with Crippen LogP contribution in [0.1, 0.15) is 25.0 Å². The SMILES string of the molecule is CC1(C)c2ccccc2-c2ccc(N(c3ccc(-c4ccc5oc6ccccc6c5c4-c4ccccc4-c4ccccc4)cc3)c3cccc(-c4ccccc4)c3)cc21. The normalized spacial score (nSPS) is 12.7. The lowest BCUT2D eigenvalue weighted by Gasteiger charge is -2.28. The van der Waals surface area contributed by atoms with Crippen LogP contribution in [0.3, 0.4) is 0 Å². The Balaban J connectivity index is 1.09. The Labute approximate surface area is 345 Å². The highest BCUT2D eigenvalue weighted by Gasteiger charge is 2.35. The second-order valence-corrected chi connectivity index (χ2v) is 16.1. The number of nitrogens with zero attached hydrogens (tertiary/aromatic N) is 1. The largest absolute Gasteiger partial charge is 0.456 e. The number of rotatable bonds is 7. The van der Waals surface area contributed by atoms with E-state index in [2.05, 4.69) is 225 Å². The third kappa shape index (κ3) is 5.79. The van der Waals surface area contributed by atoms with Crippen molar-refractivity contribution in [3.05, 3.63) is 223 Å². The summed E-state index contributed by atoms with van der Waals surface area (Å²) in [6.45, 7) is 4.70. The molecule has 2 heteroatoms. The minimum absolute atomic E-state index is 0.119. The van der Waals surface area contributed by atoms with Crippen LogP contribution < -0.4 is 4.90 Å². The highest BCUT2D eigenvalue weighted by Crippen LogP contribution is 2.51. The van der Waals surface area contributed by atoms with Gasteiger partial charge >= 0.3 is 0 Å². The average molecular weight is 756 g/mol. The van der Waals surface area contributed by atoms with E-state index in [1.807, 2.05) is 6.07 Å². The molecule has 2 nitrogen and oxygen atoms in total. The molecule has 0 bridgehead atoms. The summed E-state index contributed by atoms with van der Waals surface area (Å²) in [6.07, 6.45) is 0. The molecule has 0 unspecified atom stereocenters. The molecule has 0 amide bonds. The van der Waals surface area contributed by atoms with E-state index in [0.717, 1.165) is 50.1 Å². The van der Waals surface area contributed by atoms with Gasteiger partial charge in [0.15, 0.2) is 0 Å². The number of furan rings is 1. The molecule has 0 fully saturated rings. The maximum absolute atomic E-state index is 6.50. The Morgan fingerprint density at radius 1 is 0.356 bits per heavy atom. The fourth-order valence-corrected chi connectivity index (χ4v) is 9.43. The van der Waals surface area contributed by atoms with Gasteiger partial charge in [-0.25, -0.2) is 0 Å². The summed E-state index contributed by atoms with van der Waals surface area (Å²) in [6, 6.07) is 76.8. The molecule has 0 atom stereocenters. The minimum atomic E-state index is -0.119. The van der Waals surface area contributed by atoms with Crippen molar-refractivity contribution in [2.75, 3.05) is 4.90 Å². The van der Waals surface area contributed by atoms with Crippen LogP contribution in [0.2, 0.25) is 0 Å². The summed E-state index contributed by atoms with van der Waals surface area (Å²) in [5.74, 6) is 0. The van der Waals surface area contributed by atoms with E-state index in [9.17, 15) is 0 Å². The van der Waals surface area contributed by atoms with Gasteiger partial charge in [-0.15, -0.1) is 0 Å². The standard InChI is InChI=1S/C57H41NO/c1-57(2)51-26-13-11-23-47(51)48-33-32-44(37-52(48)57)58(43-21-15-20-41(36-43)38-16-5-3-6-17-38)42-30-28-40(29-31-42)46-34-35-54-56(50-25-12-14-27-53(50)59-54)55(46)49-24-10-9-22-45(49)39-18-7-4-8-19-39/h3-37H,1-2H3. The quantitative estimate of drug-likeness (QED) is 0.161. The van der Waals surface area contributed by atoms with Gasteiger partial charge in [-0.3, -0.25) is 0 Å². The molecule has 9 aromatic carbocycles. The van der Waals surface area contributed by atoms with Gasteiger partial charge in [0.1, 0.15) is 11.2 Å². The van der Waals surface area contributed by atoms with E-state index < -0.39 is 0 Å². The fraction of sp³-hybridized carbons (Fsp3) is 0.0526. The summed E-state index contributed by atoms with van der Waals surface area (Å²) in [7, 11) is 0. The van der Waals surface area contributed by atoms with E-state index in [-0.39, 0.29) is 5.41 Å². The van der Waals surface area contributed by atoms with Gasteiger partial charge in [0.05, 0.1) is 0 Å². The molecule has 0 saturated carbocycles. The van der Waals surface area contributed by atoms with Crippen molar-refractivity contribution in [2.45, 2.75) is 19.3 Å². The van der Waals surface area contributed by atoms with Gasteiger partial charge in [-0.1, -0.05) is 178 Å².